The van der Waals surface area contributed by atoms with E-state index in [2.05, 4.69) is 4.72 Å². The molecule has 1 aliphatic carbocycles. The zero-order chi connectivity index (χ0) is 18.0. The molecular formula is C17H18N2O5S. The lowest BCUT2D eigenvalue weighted by Gasteiger charge is -2.19. The number of fused-ring (bicyclic) bond motifs is 1. The van der Waals surface area contributed by atoms with Crippen LogP contribution in [0.15, 0.2) is 41.3 Å². The van der Waals surface area contributed by atoms with Crippen molar-refractivity contribution in [3.8, 4) is 5.75 Å². The van der Waals surface area contributed by atoms with E-state index in [1.54, 1.807) is 12.1 Å². The molecule has 0 fully saturated rings. The minimum absolute atomic E-state index is 0.0437. The molecule has 132 valence electrons. The third kappa shape index (κ3) is 3.58. The van der Waals surface area contributed by atoms with E-state index in [4.69, 9.17) is 4.74 Å². The van der Waals surface area contributed by atoms with E-state index in [1.807, 2.05) is 0 Å². The van der Waals surface area contributed by atoms with Crippen molar-refractivity contribution < 1.29 is 18.1 Å². The second kappa shape index (κ2) is 6.72. The van der Waals surface area contributed by atoms with Crippen LogP contribution in [0, 0.1) is 10.1 Å². The van der Waals surface area contributed by atoms with Crippen molar-refractivity contribution in [1.29, 1.82) is 0 Å². The SMILES string of the molecule is COc1cc2c(cc1S(=O)(=O)Nc1cccc([N+](=O)[O-])c1)CCCC2. The van der Waals surface area contributed by atoms with Crippen LogP contribution in [0.4, 0.5) is 11.4 Å². The van der Waals surface area contributed by atoms with Gasteiger partial charge in [-0.15, -0.1) is 0 Å². The number of sulfonamides is 1. The minimum Gasteiger partial charge on any atom is -0.495 e. The summed E-state index contributed by atoms with van der Waals surface area (Å²) in [5.41, 5.74) is 2.07. The summed E-state index contributed by atoms with van der Waals surface area (Å²) in [5, 5.41) is 10.9. The molecule has 0 aromatic heterocycles. The number of hydrogen-bond acceptors (Lipinski definition) is 5. The molecule has 3 rings (SSSR count). The Labute approximate surface area is 145 Å². The quantitative estimate of drug-likeness (QED) is 0.650. The number of nitrogens with zero attached hydrogens (tertiary/aromatic N) is 1. The summed E-state index contributed by atoms with van der Waals surface area (Å²) >= 11 is 0. The van der Waals surface area contributed by atoms with Crippen LogP contribution in [0.25, 0.3) is 0 Å². The number of aryl methyl sites for hydroxylation is 2. The van der Waals surface area contributed by atoms with Crippen LogP contribution in [-0.2, 0) is 22.9 Å². The lowest BCUT2D eigenvalue weighted by molar-refractivity contribution is -0.384. The summed E-state index contributed by atoms with van der Waals surface area (Å²) in [6, 6.07) is 8.80. The van der Waals surface area contributed by atoms with Gasteiger partial charge in [0.25, 0.3) is 15.7 Å². The van der Waals surface area contributed by atoms with Crippen LogP contribution < -0.4 is 9.46 Å². The summed E-state index contributed by atoms with van der Waals surface area (Å²) in [6.07, 6.45) is 3.84. The molecule has 0 aliphatic heterocycles. The van der Waals surface area contributed by atoms with Gasteiger partial charge in [0.1, 0.15) is 10.6 Å². The molecule has 25 heavy (non-hydrogen) atoms. The van der Waals surface area contributed by atoms with Gasteiger partial charge < -0.3 is 4.74 Å². The Morgan fingerprint density at radius 3 is 2.44 bits per heavy atom. The van der Waals surface area contributed by atoms with E-state index in [9.17, 15) is 18.5 Å². The van der Waals surface area contributed by atoms with Gasteiger partial charge in [0.2, 0.25) is 0 Å². The van der Waals surface area contributed by atoms with Crippen LogP contribution in [0.3, 0.4) is 0 Å². The fourth-order valence-electron chi connectivity index (χ4n) is 3.00. The van der Waals surface area contributed by atoms with Gasteiger partial charge in [-0.2, -0.15) is 0 Å². The number of rotatable bonds is 5. The molecule has 0 unspecified atom stereocenters. The molecule has 8 heteroatoms. The summed E-state index contributed by atoms with van der Waals surface area (Å²) in [5.74, 6) is 0.276. The van der Waals surface area contributed by atoms with Crippen molar-refractivity contribution in [1.82, 2.24) is 0 Å². The van der Waals surface area contributed by atoms with Gasteiger partial charge in [0.15, 0.2) is 0 Å². The van der Waals surface area contributed by atoms with Crippen molar-refractivity contribution in [3.05, 3.63) is 57.6 Å². The highest BCUT2D eigenvalue weighted by molar-refractivity contribution is 7.92. The third-order valence-corrected chi connectivity index (χ3v) is 5.63. The molecule has 0 spiro atoms. The second-order valence-electron chi connectivity index (χ2n) is 5.89. The number of non-ortho nitro benzene ring substituents is 1. The summed E-state index contributed by atoms with van der Waals surface area (Å²) < 4.78 is 33.2. The zero-order valence-electron chi connectivity index (χ0n) is 13.7. The smallest absolute Gasteiger partial charge is 0.271 e. The van der Waals surface area contributed by atoms with Crippen molar-refractivity contribution in [2.75, 3.05) is 11.8 Å². The van der Waals surface area contributed by atoms with Gasteiger partial charge in [-0.25, -0.2) is 8.42 Å². The van der Waals surface area contributed by atoms with Gasteiger partial charge in [0.05, 0.1) is 17.7 Å². The standard InChI is InChI=1S/C17H18N2O5S/c1-24-16-9-12-5-2-3-6-13(12)10-17(16)25(22,23)18-14-7-4-8-15(11-14)19(20)21/h4,7-11,18H,2-3,5-6H2,1H3. The predicted octanol–water partition coefficient (Wildman–Crippen LogP) is 3.28. The highest BCUT2D eigenvalue weighted by atomic mass is 32.2. The number of hydrogen-bond donors (Lipinski definition) is 1. The van der Waals surface area contributed by atoms with Crippen LogP contribution in [0.1, 0.15) is 24.0 Å². The Hall–Kier alpha value is -2.61. The largest absolute Gasteiger partial charge is 0.495 e. The number of methoxy groups -OCH3 is 1. The average Bonchev–Trinajstić information content (AvgIpc) is 2.60. The first kappa shape index (κ1) is 17.2. The first-order chi connectivity index (χ1) is 11.9. The lowest BCUT2D eigenvalue weighted by atomic mass is 9.92. The summed E-state index contributed by atoms with van der Waals surface area (Å²) in [4.78, 5) is 10.3. The van der Waals surface area contributed by atoms with Crippen molar-refractivity contribution in [3.63, 3.8) is 0 Å². The number of ether oxygens (including phenoxy) is 1. The molecule has 2 aromatic carbocycles. The third-order valence-electron chi connectivity index (χ3n) is 4.23. The molecule has 0 amide bonds. The average molecular weight is 362 g/mol. The van der Waals surface area contributed by atoms with Crippen molar-refractivity contribution >= 4 is 21.4 Å². The number of anilines is 1. The maximum Gasteiger partial charge on any atom is 0.271 e. The first-order valence-electron chi connectivity index (χ1n) is 7.88. The fourth-order valence-corrected chi connectivity index (χ4v) is 4.25. The molecule has 0 bridgehead atoms. The van der Waals surface area contributed by atoms with Gasteiger partial charge in [-0.3, -0.25) is 14.8 Å². The van der Waals surface area contributed by atoms with Gasteiger partial charge in [-0.05, 0) is 55.0 Å². The number of nitrogens with one attached hydrogen (secondary N) is 1. The molecular weight excluding hydrogens is 344 g/mol. The first-order valence-corrected chi connectivity index (χ1v) is 9.36. The minimum atomic E-state index is -3.93. The fraction of sp³-hybridized carbons (Fsp3) is 0.294. The van der Waals surface area contributed by atoms with E-state index < -0.39 is 14.9 Å². The summed E-state index contributed by atoms with van der Waals surface area (Å²) in [6.45, 7) is 0. The van der Waals surface area contributed by atoms with Crippen molar-refractivity contribution in [2.24, 2.45) is 0 Å². The van der Waals surface area contributed by atoms with Crippen LogP contribution in [0.2, 0.25) is 0 Å². The Morgan fingerprint density at radius 2 is 1.80 bits per heavy atom. The Morgan fingerprint density at radius 1 is 1.12 bits per heavy atom. The highest BCUT2D eigenvalue weighted by Crippen LogP contribution is 2.33. The molecule has 0 heterocycles. The van der Waals surface area contributed by atoms with E-state index >= 15 is 0 Å². The lowest BCUT2D eigenvalue weighted by Crippen LogP contribution is -2.16. The number of nitro groups is 1. The Bertz CT molecular complexity index is 925. The molecule has 0 saturated heterocycles. The van der Waals surface area contributed by atoms with Gasteiger partial charge >= 0.3 is 0 Å². The van der Waals surface area contributed by atoms with Gasteiger partial charge in [0, 0.05) is 12.1 Å². The summed E-state index contributed by atoms with van der Waals surface area (Å²) in [7, 11) is -2.50. The second-order valence-corrected chi connectivity index (χ2v) is 7.54. The molecule has 1 aliphatic rings. The van der Waals surface area contributed by atoms with Gasteiger partial charge in [-0.1, -0.05) is 6.07 Å². The molecule has 7 nitrogen and oxygen atoms in total. The molecule has 0 saturated carbocycles. The molecule has 1 N–H and O–H groups in total. The monoisotopic (exact) mass is 362 g/mol. The molecule has 0 atom stereocenters. The molecule has 0 radical (unpaired) electrons. The van der Waals surface area contributed by atoms with Crippen molar-refractivity contribution in [2.45, 2.75) is 30.6 Å². The Balaban J connectivity index is 1.99. The number of nitro benzene ring substituents is 1. The Kier molecular flexibility index (Phi) is 4.63. The molecule has 2 aromatic rings. The van der Waals surface area contributed by atoms with Crippen LogP contribution in [-0.4, -0.2) is 20.5 Å². The maximum absolute atomic E-state index is 12.8. The normalized spacial score (nSPS) is 13.8. The van der Waals surface area contributed by atoms with E-state index in [0.29, 0.717) is 0 Å². The highest BCUT2D eigenvalue weighted by Gasteiger charge is 2.24. The van der Waals surface area contributed by atoms with E-state index in [1.165, 1.54) is 31.4 Å². The van der Waals surface area contributed by atoms with Crippen LogP contribution >= 0.6 is 0 Å². The topological polar surface area (TPSA) is 98.5 Å². The van der Waals surface area contributed by atoms with E-state index in [0.717, 1.165) is 36.8 Å². The van der Waals surface area contributed by atoms with E-state index in [-0.39, 0.29) is 22.0 Å². The predicted molar refractivity (Wildman–Crippen MR) is 93.5 cm³/mol. The maximum atomic E-state index is 12.8. The van der Waals surface area contributed by atoms with Crippen LogP contribution in [0.5, 0.6) is 5.75 Å². The number of benzene rings is 2. The zero-order valence-corrected chi connectivity index (χ0v) is 14.5.